The van der Waals surface area contributed by atoms with Gasteiger partial charge in [-0.1, -0.05) is 177 Å². The summed E-state index contributed by atoms with van der Waals surface area (Å²) in [7, 11) is -2.03. The minimum absolute atomic E-state index is 0.496. The molecule has 0 bridgehead atoms. The van der Waals surface area contributed by atoms with Gasteiger partial charge in [-0.3, -0.25) is 0 Å². The fourth-order valence-electron chi connectivity index (χ4n) is 8.75. The lowest BCUT2D eigenvalue weighted by Gasteiger charge is -2.41. The molecule has 4 aromatic carbocycles. The molecule has 0 aromatic heterocycles. The van der Waals surface area contributed by atoms with Gasteiger partial charge >= 0.3 is 0 Å². The highest BCUT2D eigenvalue weighted by atomic mass is 28.3. The van der Waals surface area contributed by atoms with Crippen LogP contribution in [-0.4, -0.2) is 8.07 Å². The number of benzene rings is 4. The minimum atomic E-state index is -2.03. The Hall–Kier alpha value is -3.42. The van der Waals surface area contributed by atoms with Gasteiger partial charge in [0.05, 0.1) is 8.07 Å². The SMILES string of the molecule is CC(C)CC1=Cc2c(-c3ccc(C(C)C)cc3)cccc2C1[Si](C)(C)C1C(CC(C)C)=Cc2c(-c3ccc(C(C)C)cc3)cccc21. The molecule has 0 amide bonds. The molecule has 1 heteroatoms. The van der Waals surface area contributed by atoms with E-state index in [2.05, 4.69) is 166 Å². The van der Waals surface area contributed by atoms with Gasteiger partial charge in [-0.05, 0) is 92.1 Å². The van der Waals surface area contributed by atoms with Gasteiger partial charge in [0.15, 0.2) is 0 Å². The van der Waals surface area contributed by atoms with E-state index in [9.17, 15) is 0 Å². The van der Waals surface area contributed by atoms with Crippen molar-refractivity contribution in [3.63, 3.8) is 0 Å². The summed E-state index contributed by atoms with van der Waals surface area (Å²) in [6.07, 6.45) is 7.56. The van der Waals surface area contributed by atoms with E-state index in [0.29, 0.717) is 34.8 Å². The highest BCUT2D eigenvalue weighted by molar-refractivity contribution is 6.81. The molecule has 0 saturated heterocycles. The van der Waals surface area contributed by atoms with Crippen molar-refractivity contribution in [2.75, 3.05) is 0 Å². The monoisotopic (exact) mass is 636 g/mol. The molecular formula is C46H56Si. The van der Waals surface area contributed by atoms with E-state index in [-0.39, 0.29) is 0 Å². The average Bonchev–Trinajstić information content (AvgIpc) is 3.58. The van der Waals surface area contributed by atoms with Gasteiger partial charge in [-0.2, -0.15) is 0 Å². The highest BCUT2D eigenvalue weighted by Gasteiger charge is 2.48. The van der Waals surface area contributed by atoms with Crippen LogP contribution in [0.2, 0.25) is 13.1 Å². The van der Waals surface area contributed by atoms with Crippen molar-refractivity contribution in [3.8, 4) is 22.3 Å². The summed E-state index contributed by atoms with van der Waals surface area (Å²) >= 11 is 0. The first-order chi connectivity index (χ1) is 22.4. The van der Waals surface area contributed by atoms with Crippen molar-refractivity contribution in [1.29, 1.82) is 0 Å². The van der Waals surface area contributed by atoms with Crippen LogP contribution in [0.4, 0.5) is 0 Å². The van der Waals surface area contributed by atoms with Gasteiger partial charge in [0.1, 0.15) is 0 Å². The summed E-state index contributed by atoms with van der Waals surface area (Å²) < 4.78 is 0. The summed E-state index contributed by atoms with van der Waals surface area (Å²) in [4.78, 5) is 0. The second kappa shape index (κ2) is 13.2. The predicted molar refractivity (Wildman–Crippen MR) is 210 cm³/mol. The molecule has 2 unspecified atom stereocenters. The molecule has 0 N–H and O–H groups in total. The molecule has 2 aliphatic rings. The van der Waals surface area contributed by atoms with Crippen molar-refractivity contribution in [2.24, 2.45) is 11.8 Å². The molecule has 244 valence electrons. The van der Waals surface area contributed by atoms with Gasteiger partial charge in [0.25, 0.3) is 0 Å². The van der Waals surface area contributed by atoms with E-state index in [1.54, 1.807) is 22.3 Å². The molecule has 4 aromatic rings. The fraction of sp³-hybridized carbons (Fsp3) is 0.391. The van der Waals surface area contributed by atoms with Crippen molar-refractivity contribution in [3.05, 3.63) is 129 Å². The maximum Gasteiger partial charge on any atom is 0.0722 e. The van der Waals surface area contributed by atoms with Gasteiger partial charge in [-0.15, -0.1) is 0 Å². The molecule has 0 saturated carbocycles. The Balaban J connectivity index is 1.48. The third-order valence-corrected chi connectivity index (χ3v) is 15.2. The van der Waals surface area contributed by atoms with E-state index in [0.717, 1.165) is 12.8 Å². The van der Waals surface area contributed by atoms with Crippen molar-refractivity contribution >= 4 is 20.2 Å². The van der Waals surface area contributed by atoms with Gasteiger partial charge in [0, 0.05) is 11.1 Å². The Morgan fingerprint density at radius 1 is 0.489 bits per heavy atom. The number of hydrogen-bond donors (Lipinski definition) is 0. The fourth-order valence-corrected chi connectivity index (χ4v) is 13.5. The number of hydrogen-bond acceptors (Lipinski definition) is 0. The third kappa shape index (κ3) is 6.41. The zero-order valence-corrected chi connectivity index (χ0v) is 31.6. The zero-order chi connectivity index (χ0) is 33.6. The molecule has 0 fully saturated rings. The van der Waals surface area contributed by atoms with Crippen LogP contribution in [0.5, 0.6) is 0 Å². The lowest BCUT2D eigenvalue weighted by atomic mass is 9.94. The maximum absolute atomic E-state index is 2.71. The molecule has 0 spiro atoms. The summed E-state index contributed by atoms with van der Waals surface area (Å²) in [6.45, 7) is 24.1. The molecule has 6 rings (SSSR count). The Bertz CT molecular complexity index is 1660. The average molecular weight is 637 g/mol. The smallest absolute Gasteiger partial charge is 0.0679 e. The van der Waals surface area contributed by atoms with Gasteiger partial charge < -0.3 is 0 Å². The number of fused-ring (bicyclic) bond motifs is 2. The molecule has 0 radical (unpaired) electrons. The van der Waals surface area contributed by atoms with Crippen LogP contribution in [0, 0.1) is 11.8 Å². The summed E-state index contributed by atoms with van der Waals surface area (Å²) in [6, 6.07) is 33.0. The molecule has 2 atom stereocenters. The number of rotatable bonds is 10. The second-order valence-corrected chi connectivity index (χ2v) is 21.3. The lowest BCUT2D eigenvalue weighted by molar-refractivity contribution is 0.623. The topological polar surface area (TPSA) is 0 Å². The first-order valence-corrected chi connectivity index (χ1v) is 21.4. The van der Waals surface area contributed by atoms with Gasteiger partial charge in [0.2, 0.25) is 0 Å². The Morgan fingerprint density at radius 2 is 0.851 bits per heavy atom. The van der Waals surface area contributed by atoms with Crippen LogP contribution < -0.4 is 0 Å². The van der Waals surface area contributed by atoms with Crippen molar-refractivity contribution in [2.45, 2.75) is 104 Å². The molecular weight excluding hydrogens is 581 g/mol. The Labute approximate surface area is 287 Å². The normalized spacial score (nSPS) is 17.5. The Kier molecular flexibility index (Phi) is 9.43. The van der Waals surface area contributed by atoms with Crippen LogP contribution in [0.3, 0.4) is 0 Å². The lowest BCUT2D eigenvalue weighted by Crippen LogP contribution is -2.43. The molecule has 0 heterocycles. The summed E-state index contributed by atoms with van der Waals surface area (Å²) in [5, 5.41) is 0. The summed E-state index contributed by atoms with van der Waals surface area (Å²) in [5.74, 6) is 2.33. The van der Waals surface area contributed by atoms with Crippen LogP contribution in [-0.2, 0) is 0 Å². The standard InChI is InChI=1S/C46H56Si/c1-29(2)25-37-27-43-39(35-21-17-33(18-22-35)31(5)6)13-11-15-41(43)45(37)47(9,10)46-38(26-30(3)4)28-44-40(14-12-16-42(44)46)36-23-19-34(20-24-36)32(7)8/h11-24,27-32,45-46H,25-26H2,1-10H3. The first-order valence-electron chi connectivity index (χ1n) is 18.2. The van der Waals surface area contributed by atoms with Crippen LogP contribution in [0.25, 0.3) is 34.4 Å². The second-order valence-electron chi connectivity index (χ2n) is 16.5. The highest BCUT2D eigenvalue weighted by Crippen LogP contribution is 2.56. The molecule has 0 aliphatic heterocycles. The van der Waals surface area contributed by atoms with Crippen LogP contribution >= 0.6 is 0 Å². The van der Waals surface area contributed by atoms with E-state index in [1.165, 1.54) is 44.5 Å². The van der Waals surface area contributed by atoms with E-state index in [4.69, 9.17) is 0 Å². The molecule has 47 heavy (non-hydrogen) atoms. The van der Waals surface area contributed by atoms with E-state index < -0.39 is 8.07 Å². The zero-order valence-electron chi connectivity index (χ0n) is 30.6. The predicted octanol–water partition coefficient (Wildman–Crippen LogP) is 13.8. The number of allylic oxidation sites excluding steroid dienone is 2. The molecule has 0 nitrogen and oxygen atoms in total. The van der Waals surface area contributed by atoms with Gasteiger partial charge in [-0.25, -0.2) is 0 Å². The largest absolute Gasteiger partial charge is 0.0722 e. The minimum Gasteiger partial charge on any atom is -0.0679 e. The Morgan fingerprint density at radius 3 is 1.17 bits per heavy atom. The van der Waals surface area contributed by atoms with Crippen LogP contribution in [0.15, 0.2) is 96.1 Å². The van der Waals surface area contributed by atoms with E-state index >= 15 is 0 Å². The first kappa shape index (κ1) is 33.5. The van der Waals surface area contributed by atoms with Crippen LogP contribution in [0.1, 0.15) is 125 Å². The third-order valence-electron chi connectivity index (χ3n) is 10.9. The van der Waals surface area contributed by atoms with Crippen molar-refractivity contribution < 1.29 is 0 Å². The quantitative estimate of drug-likeness (QED) is 0.152. The van der Waals surface area contributed by atoms with Crippen molar-refractivity contribution in [1.82, 2.24) is 0 Å². The maximum atomic E-state index is 2.71. The summed E-state index contributed by atoms with van der Waals surface area (Å²) in [5.41, 5.74) is 18.7. The molecule has 2 aliphatic carbocycles. The van der Waals surface area contributed by atoms with E-state index in [1.807, 2.05) is 0 Å².